The van der Waals surface area contributed by atoms with Crippen LogP contribution in [0.1, 0.15) is 28.2 Å². The first-order valence-electron chi connectivity index (χ1n) is 9.49. The zero-order valence-electron chi connectivity index (χ0n) is 15.6. The molecular formula is C22H23NO3S2. The maximum absolute atomic E-state index is 13.0. The first-order chi connectivity index (χ1) is 13.8. The maximum Gasteiger partial charge on any atom is 0.223 e. The van der Waals surface area contributed by atoms with Crippen molar-refractivity contribution in [3.05, 3.63) is 68.5 Å². The Hall–Kier alpha value is -2.31. The lowest BCUT2D eigenvalue weighted by molar-refractivity contribution is -0.132. The number of fused-ring (bicyclic) bond motifs is 1. The van der Waals surface area contributed by atoms with E-state index in [1.54, 1.807) is 22.7 Å². The molecule has 3 aromatic rings. The number of carbonyl (C=O) groups is 1. The highest BCUT2D eigenvalue weighted by molar-refractivity contribution is 7.10. The normalized spacial score (nSPS) is 13.1. The topological polar surface area (TPSA) is 38.8 Å². The predicted octanol–water partition coefficient (Wildman–Crippen LogP) is 5.13. The van der Waals surface area contributed by atoms with E-state index < -0.39 is 0 Å². The van der Waals surface area contributed by atoms with Gasteiger partial charge in [0.1, 0.15) is 0 Å². The fraction of sp³-hybridized carbons (Fsp3) is 0.318. The van der Waals surface area contributed by atoms with E-state index in [-0.39, 0.29) is 5.91 Å². The lowest BCUT2D eigenvalue weighted by Crippen LogP contribution is -2.29. The van der Waals surface area contributed by atoms with Crippen LogP contribution in [0.25, 0.3) is 0 Å². The minimum atomic E-state index is 0.175. The van der Waals surface area contributed by atoms with Crippen LogP contribution in [0.15, 0.2) is 53.2 Å². The van der Waals surface area contributed by atoms with Crippen LogP contribution in [0.3, 0.4) is 0 Å². The average molecular weight is 414 g/mol. The van der Waals surface area contributed by atoms with Crippen molar-refractivity contribution in [3.63, 3.8) is 0 Å². The van der Waals surface area contributed by atoms with Gasteiger partial charge in [0.25, 0.3) is 0 Å². The lowest BCUT2D eigenvalue weighted by Gasteiger charge is -2.22. The molecule has 1 amide bonds. The molecule has 0 radical (unpaired) electrons. The fourth-order valence-electron chi connectivity index (χ4n) is 3.19. The quantitative estimate of drug-likeness (QED) is 0.539. The Bertz CT molecular complexity index is 854. The third-order valence-corrected chi connectivity index (χ3v) is 6.37. The second kappa shape index (κ2) is 9.26. The second-order valence-electron chi connectivity index (χ2n) is 6.74. The van der Waals surface area contributed by atoms with Crippen LogP contribution in [-0.4, -0.2) is 24.0 Å². The van der Waals surface area contributed by atoms with Crippen molar-refractivity contribution in [2.45, 2.75) is 32.4 Å². The molecule has 0 saturated carbocycles. The van der Waals surface area contributed by atoms with Crippen LogP contribution in [0, 0.1) is 0 Å². The molecule has 0 spiro atoms. The number of benzene rings is 1. The van der Waals surface area contributed by atoms with Gasteiger partial charge in [-0.05, 0) is 47.0 Å². The van der Waals surface area contributed by atoms with Gasteiger partial charge in [-0.15, -0.1) is 22.7 Å². The molecule has 2 aromatic heterocycles. The number of hydrogen-bond acceptors (Lipinski definition) is 5. The Morgan fingerprint density at radius 1 is 0.929 bits per heavy atom. The van der Waals surface area contributed by atoms with Gasteiger partial charge in [-0.25, -0.2) is 0 Å². The van der Waals surface area contributed by atoms with Crippen molar-refractivity contribution in [2.75, 3.05) is 13.2 Å². The van der Waals surface area contributed by atoms with Gasteiger partial charge in [0, 0.05) is 22.6 Å². The molecule has 4 nitrogen and oxygen atoms in total. The molecule has 0 saturated heterocycles. The van der Waals surface area contributed by atoms with Gasteiger partial charge >= 0.3 is 0 Å². The van der Waals surface area contributed by atoms with Crippen LogP contribution < -0.4 is 9.47 Å². The number of carbonyl (C=O) groups excluding carboxylic acids is 1. The highest BCUT2D eigenvalue weighted by Crippen LogP contribution is 2.31. The fourth-order valence-corrected chi connectivity index (χ4v) is 4.63. The lowest BCUT2D eigenvalue weighted by atomic mass is 10.1. The molecule has 0 aliphatic carbocycles. The average Bonchev–Trinajstić information content (AvgIpc) is 3.36. The first-order valence-corrected chi connectivity index (χ1v) is 11.2. The number of thiophene rings is 2. The molecule has 0 bridgehead atoms. The molecule has 28 heavy (non-hydrogen) atoms. The highest BCUT2D eigenvalue weighted by atomic mass is 32.1. The molecule has 0 atom stereocenters. The summed E-state index contributed by atoms with van der Waals surface area (Å²) in [6.45, 7) is 2.68. The molecule has 1 aliphatic rings. The van der Waals surface area contributed by atoms with Gasteiger partial charge in [-0.2, -0.15) is 0 Å². The Kier molecular flexibility index (Phi) is 6.29. The largest absolute Gasteiger partial charge is 0.490 e. The minimum absolute atomic E-state index is 0.175. The van der Waals surface area contributed by atoms with Crippen LogP contribution in [0.2, 0.25) is 0 Å². The number of hydrogen-bond donors (Lipinski definition) is 0. The van der Waals surface area contributed by atoms with Crippen molar-refractivity contribution in [1.82, 2.24) is 4.90 Å². The highest BCUT2D eigenvalue weighted by Gasteiger charge is 2.17. The molecule has 0 N–H and O–H groups in total. The van der Waals surface area contributed by atoms with E-state index in [0.717, 1.165) is 23.5 Å². The van der Waals surface area contributed by atoms with Gasteiger partial charge < -0.3 is 14.4 Å². The van der Waals surface area contributed by atoms with Crippen LogP contribution in [-0.2, 0) is 24.3 Å². The van der Waals surface area contributed by atoms with E-state index in [2.05, 4.69) is 22.9 Å². The summed E-state index contributed by atoms with van der Waals surface area (Å²) in [5, 5.41) is 4.11. The monoisotopic (exact) mass is 413 g/mol. The third kappa shape index (κ3) is 4.94. The second-order valence-corrected chi connectivity index (χ2v) is 8.80. The molecule has 1 aromatic carbocycles. The van der Waals surface area contributed by atoms with Crippen LogP contribution >= 0.6 is 22.7 Å². The standard InChI is InChI=1S/C22H23NO3S2/c24-22(9-7-17-6-8-20-21(14-17)26-11-3-10-25-20)23(15-18-4-1-12-27-18)16-19-5-2-13-28-19/h1-2,4-6,8,12-14H,3,7,9-11,15-16H2. The van der Waals surface area contributed by atoms with Crippen LogP contribution in [0.4, 0.5) is 0 Å². The van der Waals surface area contributed by atoms with Crippen molar-refractivity contribution in [3.8, 4) is 11.5 Å². The Morgan fingerprint density at radius 3 is 2.25 bits per heavy atom. The Morgan fingerprint density at radius 2 is 1.61 bits per heavy atom. The summed E-state index contributed by atoms with van der Waals surface area (Å²) in [5.74, 6) is 1.76. The summed E-state index contributed by atoms with van der Waals surface area (Å²) in [6.07, 6.45) is 2.07. The van der Waals surface area contributed by atoms with Gasteiger partial charge in [-0.1, -0.05) is 18.2 Å². The van der Waals surface area contributed by atoms with Crippen molar-refractivity contribution in [2.24, 2.45) is 0 Å². The molecule has 6 heteroatoms. The zero-order valence-corrected chi connectivity index (χ0v) is 17.3. The van der Waals surface area contributed by atoms with E-state index in [0.29, 0.717) is 39.1 Å². The van der Waals surface area contributed by atoms with Gasteiger partial charge in [0.2, 0.25) is 5.91 Å². The number of ether oxygens (including phenoxy) is 2. The van der Waals surface area contributed by atoms with E-state index in [9.17, 15) is 4.79 Å². The van der Waals surface area contributed by atoms with Gasteiger partial charge in [0.15, 0.2) is 11.5 Å². The van der Waals surface area contributed by atoms with Gasteiger partial charge in [-0.3, -0.25) is 4.79 Å². The molecule has 1 aliphatic heterocycles. The van der Waals surface area contributed by atoms with Crippen molar-refractivity contribution >= 4 is 28.6 Å². The molecule has 0 unspecified atom stereocenters. The first kappa shape index (κ1) is 19.0. The number of nitrogens with zero attached hydrogens (tertiary/aromatic N) is 1. The zero-order chi connectivity index (χ0) is 19.2. The van der Waals surface area contributed by atoms with Crippen molar-refractivity contribution in [1.29, 1.82) is 0 Å². The van der Waals surface area contributed by atoms with E-state index in [1.165, 1.54) is 9.75 Å². The van der Waals surface area contributed by atoms with Gasteiger partial charge in [0.05, 0.1) is 26.3 Å². The predicted molar refractivity (Wildman–Crippen MR) is 113 cm³/mol. The Labute approximate surface area is 173 Å². The molecule has 3 heterocycles. The summed E-state index contributed by atoms with van der Waals surface area (Å²) in [4.78, 5) is 17.4. The summed E-state index contributed by atoms with van der Waals surface area (Å²) in [6, 6.07) is 14.2. The summed E-state index contributed by atoms with van der Waals surface area (Å²) in [5.41, 5.74) is 1.10. The Balaban J connectivity index is 1.41. The molecule has 0 fully saturated rings. The summed E-state index contributed by atoms with van der Waals surface area (Å²) in [7, 11) is 0. The molecule has 146 valence electrons. The number of amides is 1. The maximum atomic E-state index is 13.0. The van der Waals surface area contributed by atoms with E-state index >= 15 is 0 Å². The molecule has 4 rings (SSSR count). The smallest absolute Gasteiger partial charge is 0.223 e. The van der Waals surface area contributed by atoms with E-state index in [4.69, 9.17) is 9.47 Å². The molecular weight excluding hydrogens is 390 g/mol. The number of rotatable bonds is 7. The SMILES string of the molecule is O=C(CCc1ccc2c(c1)OCCCO2)N(Cc1cccs1)Cc1cccs1. The summed E-state index contributed by atoms with van der Waals surface area (Å²) >= 11 is 3.38. The van der Waals surface area contributed by atoms with Crippen LogP contribution in [0.5, 0.6) is 11.5 Å². The van der Waals surface area contributed by atoms with E-state index in [1.807, 2.05) is 35.2 Å². The third-order valence-electron chi connectivity index (χ3n) is 4.65. The number of aryl methyl sites for hydroxylation is 1. The minimum Gasteiger partial charge on any atom is -0.490 e. The van der Waals surface area contributed by atoms with Crippen molar-refractivity contribution < 1.29 is 14.3 Å². The summed E-state index contributed by atoms with van der Waals surface area (Å²) < 4.78 is 11.5.